The second kappa shape index (κ2) is 14.0. The highest BCUT2D eigenvalue weighted by molar-refractivity contribution is 5.96. The van der Waals surface area contributed by atoms with E-state index >= 15 is 0 Å². The summed E-state index contributed by atoms with van der Waals surface area (Å²) < 4.78 is 11.6. The molecule has 3 amide bonds. The van der Waals surface area contributed by atoms with Gasteiger partial charge in [-0.2, -0.15) is 0 Å². The van der Waals surface area contributed by atoms with Crippen LogP contribution < -0.4 is 10.6 Å². The second-order valence-electron chi connectivity index (χ2n) is 11.4. The maximum absolute atomic E-state index is 13.9. The van der Waals surface area contributed by atoms with Gasteiger partial charge in [-0.15, -0.1) is 6.58 Å². The summed E-state index contributed by atoms with van der Waals surface area (Å²) in [6.45, 7) is 6.43. The van der Waals surface area contributed by atoms with E-state index in [0.29, 0.717) is 19.4 Å². The Bertz CT molecular complexity index is 1120. The van der Waals surface area contributed by atoms with Crippen molar-refractivity contribution in [2.45, 2.75) is 101 Å². The Kier molecular flexibility index (Phi) is 10.4. The van der Waals surface area contributed by atoms with Gasteiger partial charge in [0.25, 0.3) is 0 Å². The van der Waals surface area contributed by atoms with Crippen LogP contribution in [0.2, 0.25) is 0 Å². The molecule has 3 N–H and O–H groups in total. The Hall–Kier alpha value is -3.40. The van der Waals surface area contributed by atoms with E-state index in [2.05, 4.69) is 29.3 Å². The number of carbonyl (C=O) groups excluding carboxylic acids is 3. The number of nitrogens with one attached hydrogen (secondary N) is 2. The van der Waals surface area contributed by atoms with Gasteiger partial charge in [0, 0.05) is 18.9 Å². The Balaban J connectivity index is 1.57. The minimum Gasteiger partial charge on any atom is -0.479 e. The highest BCUT2D eigenvalue weighted by Gasteiger charge is 2.61. The molecule has 41 heavy (non-hydrogen) atoms. The van der Waals surface area contributed by atoms with Crippen LogP contribution in [0.1, 0.15) is 75.8 Å². The lowest BCUT2D eigenvalue weighted by atomic mass is 10.0. The normalized spacial score (nSPS) is 29.2. The van der Waals surface area contributed by atoms with Crippen LogP contribution in [0, 0.1) is 5.92 Å². The van der Waals surface area contributed by atoms with Crippen LogP contribution in [0.25, 0.3) is 0 Å². The van der Waals surface area contributed by atoms with Crippen molar-refractivity contribution in [3.63, 3.8) is 0 Å². The average Bonchev–Trinajstić information content (AvgIpc) is 3.51. The Morgan fingerprint density at radius 3 is 2.73 bits per heavy atom. The van der Waals surface area contributed by atoms with E-state index in [1.54, 1.807) is 0 Å². The van der Waals surface area contributed by atoms with E-state index in [1.807, 2.05) is 19.1 Å². The zero-order valence-electron chi connectivity index (χ0n) is 23.9. The van der Waals surface area contributed by atoms with Gasteiger partial charge < -0.3 is 30.1 Å². The molecule has 1 saturated heterocycles. The number of benzene rings is 1. The van der Waals surface area contributed by atoms with Crippen molar-refractivity contribution < 1.29 is 33.8 Å². The molecule has 0 aromatic heterocycles. The lowest BCUT2D eigenvalue weighted by molar-refractivity contribution is -0.145. The highest BCUT2D eigenvalue weighted by Crippen LogP contribution is 2.45. The first-order valence-electron chi connectivity index (χ1n) is 14.9. The van der Waals surface area contributed by atoms with Gasteiger partial charge in [-0.3, -0.25) is 9.59 Å². The fraction of sp³-hybridized carbons (Fsp3) is 0.613. The number of nitrogens with zero attached hydrogens (tertiary/aromatic N) is 1. The molecular formula is C31H43N3O7. The molecule has 2 fully saturated rings. The van der Waals surface area contributed by atoms with Gasteiger partial charge in [0.15, 0.2) is 0 Å². The van der Waals surface area contributed by atoms with Gasteiger partial charge >= 0.3 is 12.1 Å². The van der Waals surface area contributed by atoms with Crippen molar-refractivity contribution in [2.24, 2.45) is 5.92 Å². The van der Waals surface area contributed by atoms with Crippen molar-refractivity contribution in [1.29, 1.82) is 0 Å². The van der Waals surface area contributed by atoms with E-state index < -0.39 is 47.6 Å². The number of carboxylic acids is 1. The number of aliphatic carboxylic acids is 1. The number of carboxylic acid groups (broad SMARTS) is 1. The van der Waals surface area contributed by atoms with Gasteiger partial charge in [0.05, 0.1) is 19.3 Å². The SMILES string of the molecule is C=C[C@@H]1C[C@]1(NC(=O)[C@@H]1C[C@@H]2CN1C(=O)[C@H](CCCC)NC(=O)OCCCCCCc1cccc(c1)CO2)C(=O)O. The minimum absolute atomic E-state index is 0.154. The third kappa shape index (κ3) is 7.67. The van der Waals surface area contributed by atoms with Crippen molar-refractivity contribution >= 4 is 23.9 Å². The number of unbranched alkanes of at least 4 members (excludes halogenated alkanes) is 1. The van der Waals surface area contributed by atoms with Crippen LogP contribution in [0.15, 0.2) is 36.9 Å². The number of ether oxygens (including phenoxy) is 2. The number of alkyl carbamates (subject to hydrolysis) is 1. The number of hydrogen-bond acceptors (Lipinski definition) is 6. The summed E-state index contributed by atoms with van der Waals surface area (Å²) in [7, 11) is 0. The van der Waals surface area contributed by atoms with Crippen LogP contribution in [0.3, 0.4) is 0 Å². The van der Waals surface area contributed by atoms with E-state index in [0.717, 1.165) is 44.1 Å². The molecule has 2 heterocycles. The van der Waals surface area contributed by atoms with Crippen molar-refractivity contribution in [3.05, 3.63) is 48.0 Å². The number of fused-ring (bicyclic) bond motifs is 4. The lowest BCUT2D eigenvalue weighted by Gasteiger charge is -2.29. The molecule has 0 spiro atoms. The van der Waals surface area contributed by atoms with Gasteiger partial charge in [-0.1, -0.05) is 62.9 Å². The van der Waals surface area contributed by atoms with Gasteiger partial charge in [-0.05, 0) is 43.2 Å². The van der Waals surface area contributed by atoms with Crippen LogP contribution in [0.4, 0.5) is 4.79 Å². The molecule has 4 bridgehead atoms. The zero-order valence-corrected chi connectivity index (χ0v) is 23.9. The fourth-order valence-corrected chi connectivity index (χ4v) is 5.82. The van der Waals surface area contributed by atoms with Gasteiger partial charge in [0.1, 0.15) is 17.6 Å². The van der Waals surface area contributed by atoms with Crippen LogP contribution in [-0.2, 0) is 36.9 Å². The number of amides is 3. The second-order valence-corrected chi connectivity index (χ2v) is 11.4. The molecular weight excluding hydrogens is 526 g/mol. The molecule has 1 saturated carbocycles. The largest absolute Gasteiger partial charge is 0.479 e. The first kappa shape index (κ1) is 30.6. The van der Waals surface area contributed by atoms with E-state index in [4.69, 9.17) is 9.47 Å². The molecule has 4 rings (SSSR count). The minimum atomic E-state index is -1.42. The van der Waals surface area contributed by atoms with E-state index in [9.17, 15) is 24.3 Å². The standard InChI is InChI=1S/C31H43N3O7/c1-3-5-14-25-28(36)34-19-24(17-26(34)27(35)33-31(29(37)38)18-23(31)4-2)41-20-22-13-10-12-21(16-22)11-8-6-7-9-15-40-30(39)32-25/h4,10,12-13,16,23-26H,2-3,5-9,11,14-15,17-20H2,1H3,(H,32,39)(H,33,35)(H,37,38)/t23-,24-,25+,26+,31-/m1/s1. The first-order valence-corrected chi connectivity index (χ1v) is 14.9. The molecule has 5 atom stereocenters. The third-order valence-corrected chi connectivity index (χ3v) is 8.38. The van der Waals surface area contributed by atoms with Crippen molar-refractivity contribution in [2.75, 3.05) is 13.2 Å². The van der Waals surface area contributed by atoms with E-state index in [-0.39, 0.29) is 31.9 Å². The number of aryl methyl sites for hydroxylation is 1. The maximum Gasteiger partial charge on any atom is 0.407 e. The summed E-state index contributed by atoms with van der Waals surface area (Å²) in [6, 6.07) is 6.43. The molecule has 1 aromatic rings. The predicted octanol–water partition coefficient (Wildman–Crippen LogP) is 3.72. The summed E-state index contributed by atoms with van der Waals surface area (Å²) in [5.41, 5.74) is 0.824. The Labute approximate surface area is 241 Å². The molecule has 0 radical (unpaired) electrons. The highest BCUT2D eigenvalue weighted by atomic mass is 16.5. The van der Waals surface area contributed by atoms with E-state index in [1.165, 1.54) is 16.5 Å². The van der Waals surface area contributed by atoms with Gasteiger partial charge in [0.2, 0.25) is 11.8 Å². The average molecular weight is 570 g/mol. The molecule has 10 heteroatoms. The number of carbonyl (C=O) groups is 4. The van der Waals surface area contributed by atoms with Crippen LogP contribution in [-0.4, -0.2) is 70.8 Å². The van der Waals surface area contributed by atoms with Crippen LogP contribution in [0.5, 0.6) is 0 Å². The molecule has 1 aliphatic carbocycles. The van der Waals surface area contributed by atoms with Crippen molar-refractivity contribution in [3.8, 4) is 0 Å². The number of hydrogen-bond donors (Lipinski definition) is 3. The zero-order chi connectivity index (χ0) is 29.4. The quantitative estimate of drug-likeness (QED) is 0.426. The summed E-state index contributed by atoms with van der Waals surface area (Å²) in [5.74, 6) is -2.45. The summed E-state index contributed by atoms with van der Waals surface area (Å²) in [5, 5.41) is 15.2. The molecule has 224 valence electrons. The summed E-state index contributed by atoms with van der Waals surface area (Å²) >= 11 is 0. The monoisotopic (exact) mass is 569 g/mol. The van der Waals surface area contributed by atoms with Crippen molar-refractivity contribution in [1.82, 2.24) is 15.5 Å². The molecule has 2 aliphatic heterocycles. The molecule has 3 aliphatic rings. The fourth-order valence-electron chi connectivity index (χ4n) is 5.82. The Morgan fingerprint density at radius 2 is 2.00 bits per heavy atom. The maximum atomic E-state index is 13.9. The number of rotatable bonds is 7. The predicted molar refractivity (Wildman–Crippen MR) is 152 cm³/mol. The number of cyclic esters (lactones) is 1. The smallest absolute Gasteiger partial charge is 0.407 e. The molecule has 0 unspecified atom stereocenters. The third-order valence-electron chi connectivity index (χ3n) is 8.38. The molecule has 10 nitrogen and oxygen atoms in total. The first-order chi connectivity index (χ1) is 19.8. The topological polar surface area (TPSA) is 134 Å². The summed E-state index contributed by atoms with van der Waals surface area (Å²) in [4.78, 5) is 53.5. The summed E-state index contributed by atoms with van der Waals surface area (Å²) in [6.07, 6.45) is 7.49. The lowest BCUT2D eigenvalue weighted by Crippen LogP contribution is -2.56. The molecule has 1 aromatic carbocycles. The Morgan fingerprint density at radius 1 is 1.22 bits per heavy atom. The van der Waals surface area contributed by atoms with Crippen LogP contribution >= 0.6 is 0 Å². The van der Waals surface area contributed by atoms with Gasteiger partial charge in [-0.25, -0.2) is 9.59 Å².